The van der Waals surface area contributed by atoms with E-state index < -0.39 is 17.7 Å². The zero-order valence-electron chi connectivity index (χ0n) is 17.1. The first-order valence-electron chi connectivity index (χ1n) is 10.2. The molecule has 32 heavy (non-hydrogen) atoms. The Kier molecular flexibility index (Phi) is 6.39. The van der Waals surface area contributed by atoms with Crippen molar-refractivity contribution in [1.82, 2.24) is 20.4 Å². The lowest BCUT2D eigenvalue weighted by atomic mass is 10.1. The molecular weight excluding hydrogens is 420 g/mol. The standard InChI is InChI=1S/C22H21F2N5O3/c23-16-7-6-15(12-17(16)24)26-22(31)25-13-19-27-21(32-28-19)18-8-9-20(30)29(18)11-10-14-4-2-1-3-5-14/h1-7,12,18H,8-11,13H2,(H2,25,26,31)/t18-/m0/s1. The summed E-state index contributed by atoms with van der Waals surface area (Å²) >= 11 is 0. The number of urea groups is 1. The second kappa shape index (κ2) is 9.54. The van der Waals surface area contributed by atoms with Crippen LogP contribution in [-0.4, -0.2) is 33.5 Å². The number of likely N-dealkylation sites (tertiary alicyclic amines) is 1. The number of hydrogen-bond acceptors (Lipinski definition) is 5. The Morgan fingerprint density at radius 1 is 1.16 bits per heavy atom. The fraction of sp³-hybridized carbons (Fsp3) is 0.273. The van der Waals surface area contributed by atoms with Crippen molar-refractivity contribution >= 4 is 17.6 Å². The van der Waals surface area contributed by atoms with Gasteiger partial charge in [-0.3, -0.25) is 4.79 Å². The van der Waals surface area contributed by atoms with Gasteiger partial charge in [0.25, 0.3) is 0 Å². The summed E-state index contributed by atoms with van der Waals surface area (Å²) < 4.78 is 31.5. The van der Waals surface area contributed by atoms with Crippen molar-refractivity contribution in [3.63, 3.8) is 0 Å². The number of rotatable bonds is 7. The fourth-order valence-electron chi connectivity index (χ4n) is 3.55. The number of nitrogens with zero attached hydrogens (tertiary/aromatic N) is 3. The normalized spacial score (nSPS) is 15.8. The molecule has 2 aromatic carbocycles. The summed E-state index contributed by atoms with van der Waals surface area (Å²) in [7, 11) is 0. The number of amides is 3. The second-order valence-corrected chi connectivity index (χ2v) is 7.36. The van der Waals surface area contributed by atoms with E-state index in [1.54, 1.807) is 4.90 Å². The molecule has 1 aromatic heterocycles. The van der Waals surface area contributed by atoms with Crippen molar-refractivity contribution in [3.8, 4) is 0 Å². The lowest BCUT2D eigenvalue weighted by Gasteiger charge is -2.21. The fourth-order valence-corrected chi connectivity index (χ4v) is 3.55. The molecule has 0 saturated carbocycles. The molecule has 4 rings (SSSR count). The van der Waals surface area contributed by atoms with Crippen LogP contribution in [0.15, 0.2) is 53.1 Å². The Balaban J connectivity index is 1.32. The topological polar surface area (TPSA) is 100 Å². The van der Waals surface area contributed by atoms with E-state index in [0.717, 1.165) is 24.1 Å². The van der Waals surface area contributed by atoms with Crippen LogP contribution < -0.4 is 10.6 Å². The Morgan fingerprint density at radius 3 is 2.75 bits per heavy atom. The molecular formula is C22H21F2N5O3. The third-order valence-electron chi connectivity index (χ3n) is 5.17. The second-order valence-electron chi connectivity index (χ2n) is 7.36. The van der Waals surface area contributed by atoms with Crippen molar-refractivity contribution < 1.29 is 22.9 Å². The summed E-state index contributed by atoms with van der Waals surface area (Å²) in [5.41, 5.74) is 1.24. The van der Waals surface area contributed by atoms with Crippen LogP contribution in [0.2, 0.25) is 0 Å². The predicted molar refractivity (Wildman–Crippen MR) is 110 cm³/mol. The highest BCUT2D eigenvalue weighted by atomic mass is 19.2. The zero-order valence-corrected chi connectivity index (χ0v) is 17.1. The summed E-state index contributed by atoms with van der Waals surface area (Å²) in [6, 6.07) is 12.0. The highest BCUT2D eigenvalue weighted by molar-refractivity contribution is 5.89. The summed E-state index contributed by atoms with van der Waals surface area (Å²) in [6.07, 6.45) is 1.71. The monoisotopic (exact) mass is 441 g/mol. The first kappa shape index (κ1) is 21.4. The average Bonchev–Trinajstić information content (AvgIpc) is 3.40. The predicted octanol–water partition coefficient (Wildman–Crippen LogP) is 3.58. The number of nitrogens with one attached hydrogen (secondary N) is 2. The van der Waals surface area contributed by atoms with E-state index in [9.17, 15) is 18.4 Å². The molecule has 1 fully saturated rings. The van der Waals surface area contributed by atoms with E-state index in [4.69, 9.17) is 4.52 Å². The molecule has 1 aliphatic heterocycles. The molecule has 0 unspecified atom stereocenters. The van der Waals surface area contributed by atoms with Gasteiger partial charge in [-0.1, -0.05) is 35.5 Å². The Morgan fingerprint density at radius 2 is 1.97 bits per heavy atom. The quantitative estimate of drug-likeness (QED) is 0.584. The van der Waals surface area contributed by atoms with Gasteiger partial charge < -0.3 is 20.1 Å². The van der Waals surface area contributed by atoms with Crippen LogP contribution >= 0.6 is 0 Å². The van der Waals surface area contributed by atoms with Gasteiger partial charge in [0.15, 0.2) is 17.5 Å². The highest BCUT2D eigenvalue weighted by Crippen LogP contribution is 2.31. The maximum absolute atomic E-state index is 13.2. The minimum atomic E-state index is -1.06. The van der Waals surface area contributed by atoms with Gasteiger partial charge in [-0.05, 0) is 30.5 Å². The van der Waals surface area contributed by atoms with Gasteiger partial charge in [-0.2, -0.15) is 4.98 Å². The highest BCUT2D eigenvalue weighted by Gasteiger charge is 2.35. The summed E-state index contributed by atoms with van der Waals surface area (Å²) in [5.74, 6) is -1.47. The maximum Gasteiger partial charge on any atom is 0.319 e. The van der Waals surface area contributed by atoms with Crippen LogP contribution in [0.5, 0.6) is 0 Å². The molecule has 1 atom stereocenters. The van der Waals surface area contributed by atoms with Gasteiger partial charge in [0.1, 0.15) is 6.04 Å². The summed E-state index contributed by atoms with van der Waals surface area (Å²) in [5, 5.41) is 8.78. The molecule has 2 N–H and O–H groups in total. The number of anilines is 1. The molecule has 3 aromatic rings. The van der Waals surface area contributed by atoms with E-state index in [0.29, 0.717) is 25.3 Å². The molecule has 0 radical (unpaired) electrons. The van der Waals surface area contributed by atoms with Crippen molar-refractivity contribution in [1.29, 1.82) is 0 Å². The average molecular weight is 441 g/mol. The van der Waals surface area contributed by atoms with Crippen LogP contribution in [0.25, 0.3) is 0 Å². The summed E-state index contributed by atoms with van der Waals surface area (Å²) in [4.78, 5) is 30.4. The molecule has 10 heteroatoms. The van der Waals surface area contributed by atoms with Crippen LogP contribution in [-0.2, 0) is 17.8 Å². The molecule has 166 valence electrons. The first-order chi connectivity index (χ1) is 15.5. The van der Waals surface area contributed by atoms with Crippen molar-refractivity contribution in [2.24, 2.45) is 0 Å². The van der Waals surface area contributed by atoms with E-state index in [2.05, 4.69) is 20.8 Å². The van der Waals surface area contributed by atoms with Gasteiger partial charge in [-0.15, -0.1) is 0 Å². The van der Waals surface area contributed by atoms with Crippen LogP contribution in [0.3, 0.4) is 0 Å². The van der Waals surface area contributed by atoms with Gasteiger partial charge >= 0.3 is 6.03 Å². The zero-order chi connectivity index (χ0) is 22.5. The number of halogens is 2. The molecule has 2 heterocycles. The van der Waals surface area contributed by atoms with Gasteiger partial charge in [0, 0.05) is 24.7 Å². The number of aromatic nitrogens is 2. The minimum absolute atomic E-state index is 0.0368. The molecule has 0 bridgehead atoms. The van der Waals surface area contributed by atoms with Crippen LogP contribution in [0, 0.1) is 11.6 Å². The van der Waals surface area contributed by atoms with E-state index in [1.807, 2.05) is 30.3 Å². The smallest absolute Gasteiger partial charge is 0.319 e. The molecule has 0 aliphatic carbocycles. The van der Waals surface area contributed by atoms with Gasteiger partial charge in [0.05, 0.1) is 6.54 Å². The molecule has 1 aliphatic rings. The number of carbonyl (C=O) groups excluding carboxylic acids is 2. The lowest BCUT2D eigenvalue weighted by Crippen LogP contribution is -2.30. The largest absolute Gasteiger partial charge is 0.337 e. The van der Waals surface area contributed by atoms with E-state index in [1.165, 1.54) is 6.07 Å². The Labute approximate surface area is 182 Å². The Hall–Kier alpha value is -3.82. The van der Waals surface area contributed by atoms with E-state index >= 15 is 0 Å². The lowest BCUT2D eigenvalue weighted by molar-refractivity contribution is -0.129. The third-order valence-corrected chi connectivity index (χ3v) is 5.17. The van der Waals surface area contributed by atoms with Crippen molar-refractivity contribution in [2.75, 3.05) is 11.9 Å². The number of benzene rings is 2. The molecule has 0 spiro atoms. The third kappa shape index (κ3) is 5.08. The SMILES string of the molecule is O=C(NCc1noc([C@@H]2CCC(=O)N2CCc2ccccc2)n1)Nc1ccc(F)c(F)c1. The molecule has 1 saturated heterocycles. The number of carbonyl (C=O) groups is 2. The van der Waals surface area contributed by atoms with Gasteiger partial charge in [0.2, 0.25) is 11.8 Å². The minimum Gasteiger partial charge on any atom is -0.337 e. The number of hydrogen-bond donors (Lipinski definition) is 2. The van der Waals surface area contributed by atoms with Crippen molar-refractivity contribution in [3.05, 3.63) is 77.4 Å². The Bertz CT molecular complexity index is 1110. The van der Waals surface area contributed by atoms with Crippen molar-refractivity contribution in [2.45, 2.75) is 31.8 Å². The van der Waals surface area contributed by atoms with Crippen LogP contribution in [0.4, 0.5) is 19.3 Å². The van der Waals surface area contributed by atoms with E-state index in [-0.39, 0.29) is 30.0 Å². The van der Waals surface area contributed by atoms with Gasteiger partial charge in [-0.25, -0.2) is 13.6 Å². The summed E-state index contributed by atoms with van der Waals surface area (Å²) in [6.45, 7) is 0.504. The first-order valence-corrected chi connectivity index (χ1v) is 10.2. The molecule has 8 nitrogen and oxygen atoms in total. The molecule has 3 amide bonds. The van der Waals surface area contributed by atoms with Crippen LogP contribution in [0.1, 0.15) is 36.2 Å². The maximum atomic E-state index is 13.2.